The second-order valence-corrected chi connectivity index (χ2v) is 6.89. The first-order valence-corrected chi connectivity index (χ1v) is 8.72. The Morgan fingerprint density at radius 1 is 1.00 bits per heavy atom. The Kier molecular flexibility index (Phi) is 3.93. The van der Waals surface area contributed by atoms with E-state index >= 15 is 0 Å². The molecule has 4 heteroatoms. The maximum absolute atomic E-state index is 6.09. The van der Waals surface area contributed by atoms with E-state index < -0.39 is 0 Å². The predicted molar refractivity (Wildman–Crippen MR) is 92.8 cm³/mol. The van der Waals surface area contributed by atoms with Gasteiger partial charge < -0.3 is 4.90 Å². The highest BCUT2D eigenvalue weighted by atomic mass is 35.5. The van der Waals surface area contributed by atoms with Crippen LogP contribution in [0.25, 0.3) is 10.9 Å². The minimum absolute atomic E-state index is 0.753. The molecule has 1 aliphatic heterocycles. The zero-order valence-corrected chi connectivity index (χ0v) is 13.6. The SMILES string of the molecule is Clc1ccc2c(N3CCN(C4CCCC4)CC3)ccnc2c1. The first-order valence-electron chi connectivity index (χ1n) is 8.34. The molecule has 116 valence electrons. The summed E-state index contributed by atoms with van der Waals surface area (Å²) in [6.45, 7) is 4.58. The molecule has 0 N–H and O–H groups in total. The van der Waals surface area contributed by atoms with E-state index in [-0.39, 0.29) is 0 Å². The van der Waals surface area contributed by atoms with Gasteiger partial charge in [0, 0.05) is 54.5 Å². The first-order chi connectivity index (χ1) is 10.8. The van der Waals surface area contributed by atoms with Gasteiger partial charge in [0.05, 0.1) is 5.52 Å². The molecule has 2 aromatic rings. The quantitative estimate of drug-likeness (QED) is 0.836. The van der Waals surface area contributed by atoms with Crippen LogP contribution in [0.2, 0.25) is 5.02 Å². The van der Waals surface area contributed by atoms with Gasteiger partial charge >= 0.3 is 0 Å². The number of aromatic nitrogens is 1. The number of hydrogen-bond donors (Lipinski definition) is 0. The molecular weight excluding hydrogens is 294 g/mol. The van der Waals surface area contributed by atoms with E-state index in [1.54, 1.807) is 0 Å². The van der Waals surface area contributed by atoms with E-state index in [9.17, 15) is 0 Å². The van der Waals surface area contributed by atoms with Crippen molar-refractivity contribution in [1.82, 2.24) is 9.88 Å². The van der Waals surface area contributed by atoms with Crippen LogP contribution >= 0.6 is 11.6 Å². The van der Waals surface area contributed by atoms with Gasteiger partial charge in [-0.2, -0.15) is 0 Å². The average Bonchev–Trinajstić information content (AvgIpc) is 3.09. The van der Waals surface area contributed by atoms with Crippen LogP contribution in [0.1, 0.15) is 25.7 Å². The number of halogens is 1. The van der Waals surface area contributed by atoms with Crippen molar-refractivity contribution in [3.8, 4) is 0 Å². The van der Waals surface area contributed by atoms with E-state index in [2.05, 4.69) is 26.9 Å². The Hall–Kier alpha value is -1.32. The molecule has 0 bridgehead atoms. The fourth-order valence-corrected chi connectivity index (χ4v) is 4.15. The zero-order chi connectivity index (χ0) is 14.9. The number of anilines is 1. The number of fused-ring (bicyclic) bond motifs is 1. The highest BCUT2D eigenvalue weighted by Crippen LogP contribution is 2.30. The van der Waals surface area contributed by atoms with Crippen LogP contribution in [-0.2, 0) is 0 Å². The highest BCUT2D eigenvalue weighted by molar-refractivity contribution is 6.31. The van der Waals surface area contributed by atoms with Gasteiger partial charge in [0.15, 0.2) is 0 Å². The molecule has 22 heavy (non-hydrogen) atoms. The Morgan fingerprint density at radius 2 is 1.77 bits per heavy atom. The number of benzene rings is 1. The third-order valence-electron chi connectivity index (χ3n) is 5.18. The summed E-state index contributed by atoms with van der Waals surface area (Å²) in [4.78, 5) is 9.66. The summed E-state index contributed by atoms with van der Waals surface area (Å²) in [6, 6.07) is 9.00. The predicted octanol–water partition coefficient (Wildman–Crippen LogP) is 3.95. The van der Waals surface area contributed by atoms with Gasteiger partial charge in [-0.1, -0.05) is 24.4 Å². The third-order valence-corrected chi connectivity index (χ3v) is 5.41. The molecule has 2 fully saturated rings. The van der Waals surface area contributed by atoms with Crippen molar-refractivity contribution in [3.05, 3.63) is 35.5 Å². The van der Waals surface area contributed by atoms with Gasteiger partial charge in [0.2, 0.25) is 0 Å². The fourth-order valence-electron chi connectivity index (χ4n) is 3.98. The minimum atomic E-state index is 0.753. The van der Waals surface area contributed by atoms with Gasteiger partial charge in [-0.3, -0.25) is 9.88 Å². The third kappa shape index (κ3) is 2.68. The summed E-state index contributed by atoms with van der Waals surface area (Å²) in [5.41, 5.74) is 2.29. The largest absolute Gasteiger partial charge is 0.368 e. The highest BCUT2D eigenvalue weighted by Gasteiger charge is 2.26. The molecule has 2 aliphatic rings. The summed E-state index contributed by atoms with van der Waals surface area (Å²) < 4.78 is 0. The van der Waals surface area contributed by atoms with Gasteiger partial charge in [-0.05, 0) is 37.1 Å². The molecule has 0 atom stereocenters. The van der Waals surface area contributed by atoms with E-state index in [1.165, 1.54) is 49.8 Å². The van der Waals surface area contributed by atoms with Crippen molar-refractivity contribution >= 4 is 28.2 Å². The summed E-state index contributed by atoms with van der Waals surface area (Å²) >= 11 is 6.09. The van der Waals surface area contributed by atoms with Crippen molar-refractivity contribution in [2.45, 2.75) is 31.7 Å². The monoisotopic (exact) mass is 315 g/mol. The van der Waals surface area contributed by atoms with Crippen molar-refractivity contribution < 1.29 is 0 Å². The molecule has 0 unspecified atom stereocenters. The molecule has 1 saturated carbocycles. The molecular formula is C18H22ClN3. The van der Waals surface area contributed by atoms with Gasteiger partial charge in [-0.25, -0.2) is 0 Å². The zero-order valence-electron chi connectivity index (χ0n) is 12.8. The summed E-state index contributed by atoms with van der Waals surface area (Å²) in [7, 11) is 0. The second kappa shape index (κ2) is 6.05. The molecule has 0 radical (unpaired) electrons. The lowest BCUT2D eigenvalue weighted by Gasteiger charge is -2.39. The molecule has 1 aliphatic carbocycles. The molecule has 2 heterocycles. The number of nitrogens with zero attached hydrogens (tertiary/aromatic N) is 3. The van der Waals surface area contributed by atoms with Crippen LogP contribution in [0.3, 0.4) is 0 Å². The maximum atomic E-state index is 6.09. The molecule has 3 nitrogen and oxygen atoms in total. The summed E-state index contributed by atoms with van der Waals surface area (Å²) in [5, 5.41) is 1.96. The van der Waals surface area contributed by atoms with Crippen molar-refractivity contribution in [2.24, 2.45) is 0 Å². The topological polar surface area (TPSA) is 19.4 Å². The number of pyridine rings is 1. The fraction of sp³-hybridized carbons (Fsp3) is 0.500. The summed E-state index contributed by atoms with van der Waals surface area (Å²) in [6.07, 6.45) is 7.53. The molecule has 0 spiro atoms. The van der Waals surface area contributed by atoms with Crippen molar-refractivity contribution in [3.63, 3.8) is 0 Å². The molecule has 4 rings (SSSR count). The van der Waals surface area contributed by atoms with Crippen LogP contribution in [0.5, 0.6) is 0 Å². The van der Waals surface area contributed by atoms with Gasteiger partial charge in [0.25, 0.3) is 0 Å². The van der Waals surface area contributed by atoms with Crippen molar-refractivity contribution in [2.75, 3.05) is 31.1 Å². The molecule has 0 amide bonds. The van der Waals surface area contributed by atoms with E-state index in [1.807, 2.05) is 18.3 Å². The van der Waals surface area contributed by atoms with Crippen LogP contribution in [-0.4, -0.2) is 42.1 Å². The Morgan fingerprint density at radius 3 is 2.55 bits per heavy atom. The van der Waals surface area contributed by atoms with Crippen molar-refractivity contribution in [1.29, 1.82) is 0 Å². The maximum Gasteiger partial charge on any atom is 0.0737 e. The minimum Gasteiger partial charge on any atom is -0.368 e. The Balaban J connectivity index is 1.53. The van der Waals surface area contributed by atoms with Crippen LogP contribution in [0, 0.1) is 0 Å². The lowest BCUT2D eigenvalue weighted by atomic mass is 10.1. The van der Waals surface area contributed by atoms with Crippen LogP contribution in [0.4, 0.5) is 5.69 Å². The molecule has 1 saturated heterocycles. The van der Waals surface area contributed by atoms with E-state index in [0.717, 1.165) is 29.7 Å². The molecule has 1 aromatic heterocycles. The molecule has 1 aromatic carbocycles. The Bertz CT molecular complexity index is 658. The first kappa shape index (κ1) is 14.3. The van der Waals surface area contributed by atoms with E-state index in [0.29, 0.717) is 0 Å². The average molecular weight is 316 g/mol. The Labute approximate surface area is 136 Å². The van der Waals surface area contributed by atoms with Crippen LogP contribution in [0.15, 0.2) is 30.5 Å². The van der Waals surface area contributed by atoms with Crippen LogP contribution < -0.4 is 4.90 Å². The normalized spacial score (nSPS) is 20.9. The standard InChI is InChI=1S/C18H22ClN3/c19-14-5-6-16-17(13-14)20-8-7-18(16)22-11-9-21(10-12-22)15-3-1-2-4-15/h5-8,13,15H,1-4,9-12H2. The number of hydrogen-bond acceptors (Lipinski definition) is 3. The summed E-state index contributed by atoms with van der Waals surface area (Å²) in [5.74, 6) is 0. The lowest BCUT2D eigenvalue weighted by Crippen LogP contribution is -2.49. The van der Waals surface area contributed by atoms with Gasteiger partial charge in [-0.15, -0.1) is 0 Å². The lowest BCUT2D eigenvalue weighted by molar-refractivity contribution is 0.187. The number of piperazine rings is 1. The second-order valence-electron chi connectivity index (χ2n) is 6.45. The number of rotatable bonds is 2. The smallest absolute Gasteiger partial charge is 0.0737 e. The van der Waals surface area contributed by atoms with E-state index in [4.69, 9.17) is 11.6 Å². The van der Waals surface area contributed by atoms with Gasteiger partial charge in [0.1, 0.15) is 0 Å².